The second kappa shape index (κ2) is 7.24. The number of ether oxygens (including phenoxy) is 1. The molecule has 0 saturated heterocycles. The molecule has 0 amide bonds. The molecule has 0 atom stereocenters. The van der Waals surface area contributed by atoms with E-state index >= 15 is 0 Å². The lowest BCUT2D eigenvalue weighted by Crippen LogP contribution is -1.94. The molecule has 0 radical (unpaired) electrons. The zero-order chi connectivity index (χ0) is 10.9. The number of hydrogen-bond donors (Lipinski definition) is 0. The molecule has 1 nitrogen and oxygen atoms in total. The predicted molar refractivity (Wildman–Crippen MR) is 65.8 cm³/mol. The lowest BCUT2D eigenvalue weighted by atomic mass is 10.0. The summed E-state index contributed by atoms with van der Waals surface area (Å²) in [6.45, 7) is 2.92. The Hall–Kier alpha value is -1.08. The van der Waals surface area contributed by atoms with Gasteiger partial charge in [-0.05, 0) is 17.6 Å². The van der Waals surface area contributed by atoms with Gasteiger partial charge in [-0.15, -0.1) is 0 Å². The lowest BCUT2D eigenvalue weighted by Gasteiger charge is -2.06. The molecule has 0 N–H and O–H groups in total. The van der Waals surface area contributed by atoms with Crippen molar-refractivity contribution in [2.75, 3.05) is 13.7 Å². The van der Waals surface area contributed by atoms with Crippen LogP contribution in [0.1, 0.15) is 31.7 Å². The molecule has 0 aliphatic carbocycles. The molecule has 0 aliphatic rings. The van der Waals surface area contributed by atoms with Crippen LogP contribution in [-0.4, -0.2) is 13.7 Å². The molecule has 0 heterocycles. The minimum Gasteiger partial charge on any atom is -0.380 e. The minimum atomic E-state index is 0.702. The van der Waals surface area contributed by atoms with E-state index in [9.17, 15) is 0 Å². The fourth-order valence-corrected chi connectivity index (χ4v) is 1.55. The van der Waals surface area contributed by atoms with Crippen molar-refractivity contribution >= 4 is 5.57 Å². The zero-order valence-electron chi connectivity index (χ0n) is 9.70. The highest BCUT2D eigenvalue weighted by molar-refractivity contribution is 5.66. The summed E-state index contributed by atoms with van der Waals surface area (Å²) >= 11 is 0. The summed E-state index contributed by atoms with van der Waals surface area (Å²) in [7, 11) is 1.75. The van der Waals surface area contributed by atoms with E-state index in [1.54, 1.807) is 7.11 Å². The third-order valence-corrected chi connectivity index (χ3v) is 2.39. The van der Waals surface area contributed by atoms with Crippen LogP contribution in [0.2, 0.25) is 0 Å². The van der Waals surface area contributed by atoms with E-state index in [0.717, 1.165) is 6.42 Å². The van der Waals surface area contributed by atoms with Crippen molar-refractivity contribution in [2.24, 2.45) is 0 Å². The van der Waals surface area contributed by atoms with E-state index in [1.807, 2.05) is 6.07 Å². The van der Waals surface area contributed by atoms with E-state index in [1.165, 1.54) is 24.0 Å². The van der Waals surface area contributed by atoms with Crippen molar-refractivity contribution in [1.29, 1.82) is 0 Å². The lowest BCUT2D eigenvalue weighted by molar-refractivity contribution is 0.239. The molecule has 1 rings (SSSR count). The number of allylic oxidation sites excluding steroid dienone is 1. The number of methoxy groups -OCH3 is 1. The third kappa shape index (κ3) is 4.30. The molecule has 0 spiro atoms. The van der Waals surface area contributed by atoms with Gasteiger partial charge in [-0.3, -0.25) is 0 Å². The van der Waals surface area contributed by atoms with Crippen molar-refractivity contribution < 1.29 is 4.74 Å². The Kier molecular flexibility index (Phi) is 5.79. The summed E-state index contributed by atoms with van der Waals surface area (Å²) in [4.78, 5) is 0. The highest BCUT2D eigenvalue weighted by Gasteiger charge is 1.99. The van der Waals surface area contributed by atoms with E-state index < -0.39 is 0 Å². The quantitative estimate of drug-likeness (QED) is 0.638. The molecule has 0 bridgehead atoms. The van der Waals surface area contributed by atoms with Gasteiger partial charge in [-0.25, -0.2) is 0 Å². The summed E-state index contributed by atoms with van der Waals surface area (Å²) in [5.41, 5.74) is 2.57. The predicted octanol–water partition coefficient (Wildman–Crippen LogP) is 3.91. The van der Waals surface area contributed by atoms with Crippen LogP contribution >= 0.6 is 0 Å². The van der Waals surface area contributed by atoms with Crippen LogP contribution in [0.3, 0.4) is 0 Å². The Bertz CT molecular complexity index is 287. The molecule has 0 aliphatic heterocycles. The summed E-state index contributed by atoms with van der Waals surface area (Å²) in [5.74, 6) is 0. The average molecular weight is 204 g/mol. The smallest absolute Gasteiger partial charge is 0.0715 e. The molecular weight excluding hydrogens is 184 g/mol. The monoisotopic (exact) mass is 204 g/mol. The Morgan fingerprint density at radius 3 is 2.60 bits per heavy atom. The normalized spacial score (nSPS) is 11.7. The second-order valence-electron chi connectivity index (χ2n) is 3.67. The van der Waals surface area contributed by atoms with Gasteiger partial charge in [0.2, 0.25) is 0 Å². The van der Waals surface area contributed by atoms with E-state index in [0.29, 0.717) is 6.61 Å². The van der Waals surface area contributed by atoms with Crippen LogP contribution in [0, 0.1) is 0 Å². The molecule has 1 aromatic carbocycles. The Balaban J connectivity index is 2.69. The van der Waals surface area contributed by atoms with Crippen molar-refractivity contribution in [1.82, 2.24) is 0 Å². The van der Waals surface area contributed by atoms with Crippen LogP contribution in [0.4, 0.5) is 0 Å². The first kappa shape index (κ1) is 12.0. The van der Waals surface area contributed by atoms with Crippen LogP contribution in [0.15, 0.2) is 36.4 Å². The fraction of sp³-hybridized carbons (Fsp3) is 0.429. The number of rotatable bonds is 6. The van der Waals surface area contributed by atoms with E-state index in [2.05, 4.69) is 37.3 Å². The van der Waals surface area contributed by atoms with E-state index in [4.69, 9.17) is 4.74 Å². The highest BCUT2D eigenvalue weighted by Crippen LogP contribution is 2.15. The SMILES string of the molecule is CCCC/C=C(\COC)c1ccccc1. The molecule has 1 heteroatoms. The molecule has 15 heavy (non-hydrogen) atoms. The fourth-order valence-electron chi connectivity index (χ4n) is 1.55. The number of hydrogen-bond acceptors (Lipinski definition) is 1. The van der Waals surface area contributed by atoms with Gasteiger partial charge in [0.15, 0.2) is 0 Å². The van der Waals surface area contributed by atoms with Crippen molar-refractivity contribution in [3.05, 3.63) is 42.0 Å². The van der Waals surface area contributed by atoms with Gasteiger partial charge in [-0.2, -0.15) is 0 Å². The third-order valence-electron chi connectivity index (χ3n) is 2.39. The summed E-state index contributed by atoms with van der Waals surface area (Å²) < 4.78 is 5.22. The molecule has 0 unspecified atom stereocenters. The summed E-state index contributed by atoms with van der Waals surface area (Å²) in [6, 6.07) is 10.4. The molecule has 0 aromatic heterocycles. The second-order valence-corrected chi connectivity index (χ2v) is 3.67. The summed E-state index contributed by atoms with van der Waals surface area (Å²) in [6.07, 6.45) is 5.93. The minimum absolute atomic E-state index is 0.702. The number of unbranched alkanes of at least 4 members (excludes halogenated alkanes) is 2. The van der Waals surface area contributed by atoms with Crippen LogP contribution in [-0.2, 0) is 4.74 Å². The Morgan fingerprint density at radius 2 is 2.00 bits per heavy atom. The molecule has 82 valence electrons. The van der Waals surface area contributed by atoms with Gasteiger partial charge >= 0.3 is 0 Å². The van der Waals surface area contributed by atoms with Crippen LogP contribution in [0.5, 0.6) is 0 Å². The maximum atomic E-state index is 5.22. The first-order valence-corrected chi connectivity index (χ1v) is 5.62. The van der Waals surface area contributed by atoms with Gasteiger partial charge in [0.05, 0.1) is 6.61 Å². The summed E-state index contributed by atoms with van der Waals surface area (Å²) in [5, 5.41) is 0. The molecule has 0 saturated carbocycles. The molecule has 1 aromatic rings. The van der Waals surface area contributed by atoms with Crippen molar-refractivity contribution in [3.63, 3.8) is 0 Å². The van der Waals surface area contributed by atoms with Gasteiger partial charge in [0, 0.05) is 7.11 Å². The van der Waals surface area contributed by atoms with Crippen molar-refractivity contribution in [3.8, 4) is 0 Å². The average Bonchev–Trinajstić information content (AvgIpc) is 2.29. The Labute approximate surface area is 92.8 Å². The first-order chi connectivity index (χ1) is 7.38. The largest absolute Gasteiger partial charge is 0.380 e. The standard InChI is InChI=1S/C14H20O/c1-3-4-6-11-14(12-15-2)13-9-7-5-8-10-13/h5,7-11H,3-4,6,12H2,1-2H3/b14-11+. The molecular formula is C14H20O. The Morgan fingerprint density at radius 1 is 1.27 bits per heavy atom. The topological polar surface area (TPSA) is 9.23 Å². The van der Waals surface area contributed by atoms with E-state index in [-0.39, 0.29) is 0 Å². The van der Waals surface area contributed by atoms with Crippen LogP contribution < -0.4 is 0 Å². The van der Waals surface area contributed by atoms with Gasteiger partial charge in [0.1, 0.15) is 0 Å². The van der Waals surface area contributed by atoms with Crippen LogP contribution in [0.25, 0.3) is 5.57 Å². The maximum Gasteiger partial charge on any atom is 0.0715 e. The zero-order valence-corrected chi connectivity index (χ0v) is 9.70. The molecule has 0 fully saturated rings. The number of benzene rings is 1. The highest BCUT2D eigenvalue weighted by atomic mass is 16.5. The maximum absolute atomic E-state index is 5.22. The van der Waals surface area contributed by atoms with Gasteiger partial charge in [0.25, 0.3) is 0 Å². The van der Waals surface area contributed by atoms with Gasteiger partial charge < -0.3 is 4.74 Å². The van der Waals surface area contributed by atoms with Gasteiger partial charge in [-0.1, -0.05) is 56.2 Å². The first-order valence-electron chi connectivity index (χ1n) is 5.62. The van der Waals surface area contributed by atoms with Crippen molar-refractivity contribution in [2.45, 2.75) is 26.2 Å².